The van der Waals surface area contributed by atoms with E-state index < -0.39 is 0 Å². The number of Topliss-reactive ketones (excluding diaryl/α,β-unsaturated/α-hetero) is 1. The van der Waals surface area contributed by atoms with Crippen molar-refractivity contribution in [3.63, 3.8) is 0 Å². The van der Waals surface area contributed by atoms with Crippen molar-refractivity contribution in [2.75, 3.05) is 32.1 Å². The highest BCUT2D eigenvalue weighted by Crippen LogP contribution is 2.30. The molecule has 1 aliphatic rings. The third kappa shape index (κ3) is 2.73. The van der Waals surface area contributed by atoms with Crippen LogP contribution in [0.25, 0.3) is 0 Å². The van der Waals surface area contributed by atoms with Gasteiger partial charge in [-0.05, 0) is 39.1 Å². The Labute approximate surface area is 114 Å². The summed E-state index contributed by atoms with van der Waals surface area (Å²) in [5.41, 5.74) is 1.37. The molecule has 0 radical (unpaired) electrons. The summed E-state index contributed by atoms with van der Waals surface area (Å²) in [5, 5.41) is 9.91. The first-order valence-electron chi connectivity index (χ1n) is 6.65. The van der Waals surface area contributed by atoms with Crippen LogP contribution < -0.4 is 4.90 Å². The molecule has 2 unspecified atom stereocenters. The van der Waals surface area contributed by atoms with E-state index in [1.54, 1.807) is 12.1 Å². The first-order chi connectivity index (χ1) is 8.90. The first-order valence-corrected chi connectivity index (χ1v) is 6.65. The standard InChI is InChI=1S/C15H22N2O2/c1-10-8-17(9-14(10)16(3)4)12-5-6-13(11(2)18)15(19)7-12/h5-7,10,14,19H,8-9H2,1-4H3. The van der Waals surface area contributed by atoms with Crippen molar-refractivity contribution in [3.8, 4) is 5.75 Å². The molecule has 1 aromatic rings. The second-order valence-electron chi connectivity index (χ2n) is 5.67. The highest BCUT2D eigenvalue weighted by molar-refractivity contribution is 5.97. The van der Waals surface area contributed by atoms with Gasteiger partial charge in [0.05, 0.1) is 5.56 Å². The predicted octanol–water partition coefficient (Wildman–Crippen LogP) is 1.98. The Hall–Kier alpha value is -1.55. The number of carbonyl (C=O) groups excluding carboxylic acids is 1. The van der Waals surface area contributed by atoms with Gasteiger partial charge in [0.15, 0.2) is 5.78 Å². The topological polar surface area (TPSA) is 43.8 Å². The maximum absolute atomic E-state index is 11.3. The summed E-state index contributed by atoms with van der Waals surface area (Å²) in [6, 6.07) is 5.85. The Bertz CT molecular complexity index is 485. The van der Waals surface area contributed by atoms with E-state index >= 15 is 0 Å². The molecule has 0 bridgehead atoms. The number of rotatable bonds is 3. The van der Waals surface area contributed by atoms with Crippen molar-refractivity contribution in [2.45, 2.75) is 19.9 Å². The fourth-order valence-electron chi connectivity index (χ4n) is 2.85. The Morgan fingerprint density at radius 1 is 1.37 bits per heavy atom. The van der Waals surface area contributed by atoms with Crippen LogP contribution in [0.1, 0.15) is 24.2 Å². The highest BCUT2D eigenvalue weighted by atomic mass is 16.3. The van der Waals surface area contributed by atoms with Crippen LogP contribution in [-0.2, 0) is 0 Å². The number of benzene rings is 1. The fourth-order valence-corrected chi connectivity index (χ4v) is 2.85. The third-order valence-electron chi connectivity index (χ3n) is 3.96. The highest BCUT2D eigenvalue weighted by Gasteiger charge is 2.31. The summed E-state index contributed by atoms with van der Waals surface area (Å²) in [5.74, 6) is 0.556. The van der Waals surface area contributed by atoms with Gasteiger partial charge in [0.25, 0.3) is 0 Å². The predicted molar refractivity (Wildman–Crippen MR) is 77.0 cm³/mol. The van der Waals surface area contributed by atoms with Crippen LogP contribution in [0.15, 0.2) is 18.2 Å². The smallest absolute Gasteiger partial charge is 0.163 e. The minimum atomic E-state index is -0.106. The van der Waals surface area contributed by atoms with Crippen molar-refractivity contribution < 1.29 is 9.90 Å². The van der Waals surface area contributed by atoms with Gasteiger partial charge in [-0.3, -0.25) is 4.79 Å². The zero-order valence-corrected chi connectivity index (χ0v) is 12.1. The van der Waals surface area contributed by atoms with Crippen LogP contribution in [0.2, 0.25) is 0 Å². The molecular formula is C15H22N2O2. The molecule has 0 aromatic heterocycles. The van der Waals surface area contributed by atoms with Crippen molar-refractivity contribution in [2.24, 2.45) is 5.92 Å². The zero-order valence-electron chi connectivity index (χ0n) is 12.1. The number of hydrogen-bond acceptors (Lipinski definition) is 4. The molecule has 104 valence electrons. The third-order valence-corrected chi connectivity index (χ3v) is 3.96. The minimum Gasteiger partial charge on any atom is -0.507 e. The van der Waals surface area contributed by atoms with E-state index in [1.165, 1.54) is 6.92 Å². The molecule has 4 heteroatoms. The molecule has 19 heavy (non-hydrogen) atoms. The summed E-state index contributed by atoms with van der Waals surface area (Å²) in [4.78, 5) is 15.8. The SMILES string of the molecule is CC(=O)c1ccc(N2CC(C)C(N(C)C)C2)cc1O. The van der Waals surface area contributed by atoms with E-state index in [2.05, 4.69) is 30.8 Å². The van der Waals surface area contributed by atoms with E-state index in [4.69, 9.17) is 0 Å². The molecule has 0 amide bonds. The van der Waals surface area contributed by atoms with Crippen molar-refractivity contribution in [1.29, 1.82) is 0 Å². The van der Waals surface area contributed by atoms with Crippen molar-refractivity contribution >= 4 is 11.5 Å². The number of carbonyl (C=O) groups is 1. The van der Waals surface area contributed by atoms with Gasteiger partial charge in [-0.15, -0.1) is 0 Å². The van der Waals surface area contributed by atoms with Gasteiger partial charge in [0.1, 0.15) is 5.75 Å². The number of ketones is 1. The largest absolute Gasteiger partial charge is 0.507 e. The number of aromatic hydroxyl groups is 1. The molecule has 0 spiro atoms. The maximum Gasteiger partial charge on any atom is 0.163 e. The summed E-state index contributed by atoms with van der Waals surface area (Å²) < 4.78 is 0. The molecule has 0 saturated carbocycles. The molecule has 4 nitrogen and oxygen atoms in total. The number of phenolic OH excluding ortho intramolecular Hbond substituents is 1. The van der Waals surface area contributed by atoms with E-state index in [1.807, 2.05) is 6.07 Å². The summed E-state index contributed by atoms with van der Waals surface area (Å²) >= 11 is 0. The Balaban J connectivity index is 2.20. The van der Waals surface area contributed by atoms with E-state index in [0.29, 0.717) is 17.5 Å². The lowest BCUT2D eigenvalue weighted by Gasteiger charge is -2.23. The lowest BCUT2D eigenvalue weighted by molar-refractivity contribution is 0.101. The Morgan fingerprint density at radius 2 is 2.05 bits per heavy atom. The molecule has 1 aromatic carbocycles. The number of likely N-dealkylation sites (N-methyl/N-ethyl adjacent to an activating group) is 1. The van der Waals surface area contributed by atoms with Gasteiger partial charge in [0, 0.05) is 30.9 Å². The first kappa shape index (κ1) is 13.9. The van der Waals surface area contributed by atoms with E-state index in [9.17, 15) is 9.90 Å². The quantitative estimate of drug-likeness (QED) is 0.846. The van der Waals surface area contributed by atoms with Crippen molar-refractivity contribution in [1.82, 2.24) is 4.90 Å². The normalized spacial score (nSPS) is 23.1. The molecule has 1 fully saturated rings. The van der Waals surface area contributed by atoms with Crippen LogP contribution in [0.3, 0.4) is 0 Å². The van der Waals surface area contributed by atoms with Gasteiger partial charge in [-0.25, -0.2) is 0 Å². The fraction of sp³-hybridized carbons (Fsp3) is 0.533. The van der Waals surface area contributed by atoms with E-state index in [-0.39, 0.29) is 11.5 Å². The Kier molecular flexibility index (Phi) is 3.80. The molecule has 2 rings (SSSR count). The Morgan fingerprint density at radius 3 is 2.53 bits per heavy atom. The van der Waals surface area contributed by atoms with Crippen LogP contribution >= 0.6 is 0 Å². The molecule has 1 heterocycles. The zero-order chi connectivity index (χ0) is 14.2. The maximum atomic E-state index is 11.3. The lowest BCUT2D eigenvalue weighted by Crippen LogP contribution is -2.34. The molecule has 0 aliphatic carbocycles. The van der Waals surface area contributed by atoms with Gasteiger partial charge in [-0.2, -0.15) is 0 Å². The average molecular weight is 262 g/mol. The van der Waals surface area contributed by atoms with Crippen LogP contribution in [0.4, 0.5) is 5.69 Å². The van der Waals surface area contributed by atoms with Gasteiger partial charge in [-0.1, -0.05) is 6.92 Å². The summed E-state index contributed by atoms with van der Waals surface area (Å²) in [7, 11) is 4.20. The molecular weight excluding hydrogens is 240 g/mol. The van der Waals surface area contributed by atoms with Gasteiger partial charge in [0.2, 0.25) is 0 Å². The van der Waals surface area contributed by atoms with E-state index in [0.717, 1.165) is 18.8 Å². The molecule has 1 saturated heterocycles. The molecule has 1 N–H and O–H groups in total. The average Bonchev–Trinajstić information content (AvgIpc) is 2.70. The van der Waals surface area contributed by atoms with Gasteiger partial charge >= 0.3 is 0 Å². The minimum absolute atomic E-state index is 0.0750. The molecule has 1 aliphatic heterocycles. The second kappa shape index (κ2) is 5.21. The number of anilines is 1. The van der Waals surface area contributed by atoms with Crippen LogP contribution in [-0.4, -0.2) is 49.0 Å². The number of hydrogen-bond donors (Lipinski definition) is 1. The second-order valence-corrected chi connectivity index (χ2v) is 5.67. The molecule has 2 atom stereocenters. The summed E-state index contributed by atoms with van der Waals surface area (Å²) in [6.45, 7) is 5.64. The summed E-state index contributed by atoms with van der Waals surface area (Å²) in [6.07, 6.45) is 0. The van der Waals surface area contributed by atoms with Gasteiger partial charge < -0.3 is 14.9 Å². The van der Waals surface area contributed by atoms with Crippen molar-refractivity contribution in [3.05, 3.63) is 23.8 Å². The lowest BCUT2D eigenvalue weighted by atomic mass is 10.1. The van der Waals surface area contributed by atoms with Crippen LogP contribution in [0.5, 0.6) is 5.75 Å². The number of phenols is 1. The monoisotopic (exact) mass is 262 g/mol. The number of nitrogens with zero attached hydrogens (tertiary/aromatic N) is 2. The van der Waals surface area contributed by atoms with Crippen LogP contribution in [0, 0.1) is 5.92 Å².